The van der Waals surface area contributed by atoms with Crippen molar-refractivity contribution in [2.75, 3.05) is 19.8 Å². The van der Waals surface area contributed by atoms with Crippen LogP contribution in [0.2, 0.25) is 0 Å². The SMILES string of the molecule is CC1(CNC(c2cccs2)C2CC2)COC1. The number of hydrogen-bond acceptors (Lipinski definition) is 3. The Kier molecular flexibility index (Phi) is 2.78. The molecule has 2 heterocycles. The van der Waals surface area contributed by atoms with Crippen LogP contribution >= 0.6 is 11.3 Å². The quantitative estimate of drug-likeness (QED) is 0.850. The molecule has 16 heavy (non-hydrogen) atoms. The lowest BCUT2D eigenvalue weighted by atomic mass is 9.88. The van der Waals surface area contributed by atoms with Gasteiger partial charge >= 0.3 is 0 Å². The Labute approximate surface area is 101 Å². The predicted molar refractivity (Wildman–Crippen MR) is 66.7 cm³/mol. The number of nitrogens with one attached hydrogen (secondary N) is 1. The number of hydrogen-bond donors (Lipinski definition) is 1. The highest BCUT2D eigenvalue weighted by atomic mass is 32.1. The summed E-state index contributed by atoms with van der Waals surface area (Å²) in [5.74, 6) is 0.878. The Hall–Kier alpha value is -0.380. The van der Waals surface area contributed by atoms with Crippen molar-refractivity contribution in [3.05, 3.63) is 22.4 Å². The lowest BCUT2D eigenvalue weighted by molar-refractivity contribution is -0.100. The fraction of sp³-hybridized carbons (Fsp3) is 0.692. The summed E-state index contributed by atoms with van der Waals surface area (Å²) in [6.07, 6.45) is 2.78. The van der Waals surface area contributed by atoms with Gasteiger partial charge in [0.15, 0.2) is 0 Å². The van der Waals surface area contributed by atoms with Crippen LogP contribution in [0.15, 0.2) is 17.5 Å². The van der Waals surface area contributed by atoms with Crippen LogP contribution < -0.4 is 5.32 Å². The maximum absolute atomic E-state index is 5.30. The van der Waals surface area contributed by atoms with Gasteiger partial charge in [0.25, 0.3) is 0 Å². The van der Waals surface area contributed by atoms with Gasteiger partial charge in [0, 0.05) is 22.9 Å². The first-order valence-corrected chi connectivity index (χ1v) is 6.99. The average Bonchev–Trinajstić information content (AvgIpc) is 2.92. The van der Waals surface area contributed by atoms with Crippen molar-refractivity contribution in [3.8, 4) is 0 Å². The second-order valence-corrected chi connectivity index (χ2v) is 6.49. The van der Waals surface area contributed by atoms with Crippen LogP contribution in [-0.4, -0.2) is 19.8 Å². The molecule has 1 aromatic rings. The molecular weight excluding hydrogens is 218 g/mol. The zero-order valence-electron chi connectivity index (χ0n) is 9.74. The van der Waals surface area contributed by atoms with Gasteiger partial charge in [-0.15, -0.1) is 11.3 Å². The Morgan fingerprint density at radius 1 is 1.56 bits per heavy atom. The summed E-state index contributed by atoms with van der Waals surface area (Å²) in [5, 5.41) is 5.94. The van der Waals surface area contributed by atoms with E-state index in [4.69, 9.17) is 4.74 Å². The molecule has 2 fully saturated rings. The molecule has 1 atom stereocenters. The maximum Gasteiger partial charge on any atom is 0.0554 e. The maximum atomic E-state index is 5.30. The van der Waals surface area contributed by atoms with Crippen LogP contribution in [-0.2, 0) is 4.74 Å². The van der Waals surface area contributed by atoms with Gasteiger partial charge in [0.1, 0.15) is 0 Å². The summed E-state index contributed by atoms with van der Waals surface area (Å²) in [7, 11) is 0. The van der Waals surface area contributed by atoms with Gasteiger partial charge in [-0.25, -0.2) is 0 Å². The molecule has 0 spiro atoms. The third kappa shape index (κ3) is 2.17. The van der Waals surface area contributed by atoms with Crippen LogP contribution in [0.4, 0.5) is 0 Å². The molecule has 0 radical (unpaired) electrons. The Balaban J connectivity index is 1.61. The summed E-state index contributed by atoms with van der Waals surface area (Å²) in [6.45, 7) is 5.23. The summed E-state index contributed by atoms with van der Waals surface area (Å²) < 4.78 is 5.30. The molecule has 1 unspecified atom stereocenters. The lowest BCUT2D eigenvalue weighted by Gasteiger charge is -2.39. The van der Waals surface area contributed by atoms with E-state index in [0.717, 1.165) is 25.7 Å². The van der Waals surface area contributed by atoms with Crippen molar-refractivity contribution in [1.29, 1.82) is 0 Å². The van der Waals surface area contributed by atoms with E-state index >= 15 is 0 Å². The normalized spacial score (nSPS) is 25.1. The summed E-state index contributed by atoms with van der Waals surface area (Å²) in [4.78, 5) is 1.51. The van der Waals surface area contributed by atoms with Gasteiger partial charge in [-0.1, -0.05) is 13.0 Å². The Morgan fingerprint density at radius 3 is 2.88 bits per heavy atom. The first-order chi connectivity index (χ1) is 7.77. The van der Waals surface area contributed by atoms with E-state index in [1.54, 1.807) is 0 Å². The molecule has 1 N–H and O–H groups in total. The predicted octanol–water partition coefficient (Wildman–Crippen LogP) is 2.83. The molecule has 1 aromatic heterocycles. The molecule has 1 aliphatic heterocycles. The van der Waals surface area contributed by atoms with Gasteiger partial charge in [0.05, 0.1) is 13.2 Å². The molecule has 1 saturated carbocycles. The fourth-order valence-corrected chi connectivity index (χ4v) is 3.20. The Bertz CT molecular complexity index is 341. The van der Waals surface area contributed by atoms with E-state index in [2.05, 4.69) is 29.8 Å². The van der Waals surface area contributed by atoms with Crippen LogP contribution in [0.25, 0.3) is 0 Å². The zero-order chi connectivity index (χ0) is 11.0. The Morgan fingerprint density at radius 2 is 2.38 bits per heavy atom. The van der Waals surface area contributed by atoms with Gasteiger partial charge in [-0.3, -0.25) is 0 Å². The highest BCUT2D eigenvalue weighted by Crippen LogP contribution is 2.42. The van der Waals surface area contributed by atoms with Crippen LogP contribution in [0.3, 0.4) is 0 Å². The molecule has 0 amide bonds. The topological polar surface area (TPSA) is 21.3 Å². The minimum absolute atomic E-state index is 0.379. The largest absolute Gasteiger partial charge is 0.380 e. The van der Waals surface area contributed by atoms with Gasteiger partial charge < -0.3 is 10.1 Å². The minimum atomic E-state index is 0.379. The molecule has 2 aliphatic rings. The highest BCUT2D eigenvalue weighted by Gasteiger charge is 2.37. The standard InChI is InChI=1S/C13H19NOS/c1-13(8-15-9-13)7-14-12(10-4-5-10)11-3-2-6-16-11/h2-3,6,10,12,14H,4-5,7-9H2,1H3. The van der Waals surface area contributed by atoms with E-state index in [-0.39, 0.29) is 0 Å². The highest BCUT2D eigenvalue weighted by molar-refractivity contribution is 7.10. The average molecular weight is 237 g/mol. The molecule has 88 valence electrons. The summed E-state index contributed by atoms with van der Waals surface area (Å²) >= 11 is 1.88. The van der Waals surface area contributed by atoms with E-state index in [1.165, 1.54) is 17.7 Å². The van der Waals surface area contributed by atoms with Gasteiger partial charge in [0.2, 0.25) is 0 Å². The minimum Gasteiger partial charge on any atom is -0.380 e. The van der Waals surface area contributed by atoms with Crippen molar-refractivity contribution < 1.29 is 4.74 Å². The molecule has 3 rings (SSSR count). The molecule has 1 aliphatic carbocycles. The first-order valence-electron chi connectivity index (χ1n) is 6.11. The van der Waals surface area contributed by atoms with E-state index in [9.17, 15) is 0 Å². The monoisotopic (exact) mass is 237 g/mol. The van der Waals surface area contributed by atoms with Gasteiger partial charge in [-0.2, -0.15) is 0 Å². The second kappa shape index (κ2) is 4.13. The molecule has 1 saturated heterocycles. The van der Waals surface area contributed by atoms with Crippen molar-refractivity contribution in [3.63, 3.8) is 0 Å². The molecule has 2 nitrogen and oxygen atoms in total. The smallest absolute Gasteiger partial charge is 0.0554 e. The molecule has 0 bridgehead atoms. The van der Waals surface area contributed by atoms with Crippen LogP contribution in [0.1, 0.15) is 30.7 Å². The fourth-order valence-electron chi connectivity index (χ4n) is 2.31. The number of rotatable bonds is 5. The number of thiophene rings is 1. The van der Waals surface area contributed by atoms with Crippen molar-refractivity contribution in [1.82, 2.24) is 5.32 Å². The molecular formula is C13H19NOS. The van der Waals surface area contributed by atoms with Crippen LogP contribution in [0.5, 0.6) is 0 Å². The molecule has 3 heteroatoms. The lowest BCUT2D eigenvalue weighted by Crippen LogP contribution is -2.48. The van der Waals surface area contributed by atoms with E-state index < -0.39 is 0 Å². The first kappa shape index (κ1) is 10.8. The summed E-state index contributed by atoms with van der Waals surface area (Å²) in [5.41, 5.74) is 0.379. The van der Waals surface area contributed by atoms with E-state index in [0.29, 0.717) is 11.5 Å². The van der Waals surface area contributed by atoms with Crippen molar-refractivity contribution >= 4 is 11.3 Å². The van der Waals surface area contributed by atoms with Crippen molar-refractivity contribution in [2.45, 2.75) is 25.8 Å². The zero-order valence-corrected chi connectivity index (χ0v) is 10.6. The van der Waals surface area contributed by atoms with Gasteiger partial charge in [-0.05, 0) is 30.2 Å². The van der Waals surface area contributed by atoms with E-state index in [1.807, 2.05) is 11.3 Å². The third-order valence-electron chi connectivity index (χ3n) is 3.59. The van der Waals surface area contributed by atoms with Crippen LogP contribution in [0, 0.1) is 11.3 Å². The second-order valence-electron chi connectivity index (χ2n) is 5.51. The number of ether oxygens (including phenoxy) is 1. The van der Waals surface area contributed by atoms with Crippen molar-refractivity contribution in [2.24, 2.45) is 11.3 Å². The molecule has 0 aromatic carbocycles. The third-order valence-corrected chi connectivity index (χ3v) is 4.55. The summed E-state index contributed by atoms with van der Waals surface area (Å²) in [6, 6.07) is 5.02.